The fraction of sp³-hybridized carbons (Fsp3) is 0.0909. The molecule has 0 atom stereocenters. The number of allylic oxidation sites excluding steroid dienone is 1. The third-order valence-electron chi connectivity index (χ3n) is 1.57. The molecule has 0 heterocycles. The van der Waals surface area contributed by atoms with E-state index in [1.807, 2.05) is 12.1 Å². The average molecular weight is 262 g/mol. The summed E-state index contributed by atoms with van der Waals surface area (Å²) in [5.41, 5.74) is 0.972. The molecule has 0 N–H and O–H groups in total. The molecule has 0 saturated heterocycles. The maximum atomic E-state index is 10.0. The predicted molar refractivity (Wildman–Crippen MR) is 58.9 cm³/mol. The number of carboxylic acids is 1. The Bertz CT molecular complexity index is 387. The summed E-state index contributed by atoms with van der Waals surface area (Å²) >= 11 is 5.71. The van der Waals surface area contributed by atoms with Crippen LogP contribution in [0.2, 0.25) is 5.02 Å². The topological polar surface area (TPSA) is 52.5 Å². The van der Waals surface area contributed by atoms with Crippen molar-refractivity contribution in [2.45, 2.75) is 0 Å². The minimum Gasteiger partial charge on any atom is -0.548 e. The van der Waals surface area contributed by atoms with Crippen LogP contribution >= 0.6 is 11.6 Å². The van der Waals surface area contributed by atoms with Gasteiger partial charge in [0, 0.05) is 11.2 Å². The smallest absolute Gasteiger partial charge is 0.548 e. The number of hydrogen-bond acceptors (Lipinski definition) is 3. The molecule has 0 fully saturated rings. The first-order chi connectivity index (χ1) is 7.18. The van der Waals surface area contributed by atoms with Gasteiger partial charge in [-0.05, 0) is 23.8 Å². The first kappa shape index (κ1) is 16.0. The minimum absolute atomic E-state index is 0. The van der Waals surface area contributed by atoms with Crippen LogP contribution in [0.25, 0.3) is 6.08 Å². The molecule has 1 aromatic rings. The number of carboxylic acid groups (broad SMARTS) is 1. The zero-order valence-corrected chi connectivity index (χ0v) is 12.8. The molecular weight excluding hydrogens is 253 g/mol. The maximum absolute atomic E-state index is 10.0. The molecule has 0 aliphatic rings. The zero-order valence-electron chi connectivity index (χ0n) is 8.89. The van der Waals surface area contributed by atoms with Crippen LogP contribution in [-0.4, -0.2) is 18.7 Å². The van der Waals surface area contributed by atoms with Gasteiger partial charge in [-0.25, -0.2) is 0 Å². The van der Waals surface area contributed by atoms with E-state index in [0.717, 1.165) is 5.56 Å². The van der Waals surface area contributed by atoms with Crippen LogP contribution in [0.3, 0.4) is 0 Å². The summed E-state index contributed by atoms with van der Waals surface area (Å²) in [6, 6.07) is 7.26. The number of nitrogens with zero attached hydrogens (tertiary/aromatic N) is 1. The van der Waals surface area contributed by atoms with Crippen molar-refractivity contribution in [1.82, 2.24) is 0 Å². The summed E-state index contributed by atoms with van der Waals surface area (Å²) in [5.74, 6) is -1.19. The predicted octanol–water partition coefficient (Wildman–Crippen LogP) is -1.82. The SMILES string of the molecule is O=C([O-])CN=C/C=C/c1ccc(Cl)cc1.[K+]. The molecule has 16 heavy (non-hydrogen) atoms. The Balaban J connectivity index is 0.00000225. The van der Waals surface area contributed by atoms with E-state index < -0.39 is 5.97 Å². The Hall–Kier alpha value is 0.0264. The van der Waals surface area contributed by atoms with Crippen LogP contribution in [0.15, 0.2) is 35.3 Å². The second kappa shape index (κ2) is 9.10. The summed E-state index contributed by atoms with van der Waals surface area (Å²) < 4.78 is 0. The molecule has 5 heteroatoms. The number of aliphatic carboxylic acids is 1. The molecule has 3 nitrogen and oxygen atoms in total. The van der Waals surface area contributed by atoms with Crippen molar-refractivity contribution in [3.8, 4) is 0 Å². The molecule has 78 valence electrons. The van der Waals surface area contributed by atoms with E-state index in [9.17, 15) is 9.90 Å². The van der Waals surface area contributed by atoms with Gasteiger partial charge in [0.05, 0.1) is 12.5 Å². The third kappa shape index (κ3) is 7.32. The Labute approximate surface area is 142 Å². The molecule has 0 radical (unpaired) electrons. The number of aliphatic imine (C=N–C) groups is 1. The number of benzene rings is 1. The average Bonchev–Trinajstić information content (AvgIpc) is 2.20. The summed E-state index contributed by atoms with van der Waals surface area (Å²) in [4.78, 5) is 13.6. The monoisotopic (exact) mass is 261 g/mol. The van der Waals surface area contributed by atoms with Crippen LogP contribution in [0, 0.1) is 0 Å². The van der Waals surface area contributed by atoms with Crippen molar-refractivity contribution in [2.24, 2.45) is 4.99 Å². The van der Waals surface area contributed by atoms with Gasteiger partial charge in [-0.2, -0.15) is 0 Å². The van der Waals surface area contributed by atoms with E-state index in [1.165, 1.54) is 6.21 Å². The molecule has 0 spiro atoms. The van der Waals surface area contributed by atoms with Gasteiger partial charge < -0.3 is 9.90 Å². The van der Waals surface area contributed by atoms with Crippen molar-refractivity contribution >= 4 is 29.9 Å². The second-order valence-corrected chi connectivity index (χ2v) is 3.21. The Morgan fingerprint density at radius 3 is 2.56 bits per heavy atom. The Morgan fingerprint density at radius 1 is 1.38 bits per heavy atom. The molecule has 0 saturated carbocycles. The molecular formula is C11H9ClKNO2. The maximum Gasteiger partial charge on any atom is 1.00 e. The largest absolute Gasteiger partial charge is 1.00 e. The van der Waals surface area contributed by atoms with Crippen LogP contribution in [0.5, 0.6) is 0 Å². The molecule has 0 amide bonds. The van der Waals surface area contributed by atoms with Crippen molar-refractivity contribution < 1.29 is 61.3 Å². The zero-order chi connectivity index (χ0) is 11.1. The van der Waals surface area contributed by atoms with Crippen molar-refractivity contribution in [2.75, 3.05) is 6.54 Å². The number of carbonyl (C=O) groups is 1. The van der Waals surface area contributed by atoms with Gasteiger partial charge in [-0.3, -0.25) is 4.99 Å². The van der Waals surface area contributed by atoms with E-state index in [4.69, 9.17) is 11.6 Å². The first-order valence-corrected chi connectivity index (χ1v) is 4.68. The summed E-state index contributed by atoms with van der Waals surface area (Å²) in [7, 11) is 0. The molecule has 1 rings (SSSR count). The van der Waals surface area contributed by atoms with Crippen LogP contribution in [0.1, 0.15) is 5.56 Å². The molecule has 1 aromatic carbocycles. The second-order valence-electron chi connectivity index (χ2n) is 2.77. The van der Waals surface area contributed by atoms with E-state index in [1.54, 1.807) is 24.3 Å². The Kier molecular flexibility index (Phi) is 9.11. The summed E-state index contributed by atoms with van der Waals surface area (Å²) in [5, 5.41) is 10.7. The molecule has 0 aromatic heterocycles. The normalized spacial score (nSPS) is 10.6. The van der Waals surface area contributed by atoms with Gasteiger partial charge in [0.1, 0.15) is 0 Å². The van der Waals surface area contributed by atoms with Gasteiger partial charge in [-0.15, -0.1) is 0 Å². The van der Waals surface area contributed by atoms with E-state index in [0.29, 0.717) is 5.02 Å². The van der Waals surface area contributed by atoms with Gasteiger partial charge in [0.2, 0.25) is 0 Å². The number of carbonyl (C=O) groups excluding carboxylic acids is 1. The summed E-state index contributed by atoms with van der Waals surface area (Å²) in [6.07, 6.45) is 4.88. The van der Waals surface area contributed by atoms with E-state index in [2.05, 4.69) is 4.99 Å². The van der Waals surface area contributed by atoms with E-state index >= 15 is 0 Å². The first-order valence-electron chi connectivity index (χ1n) is 4.30. The Morgan fingerprint density at radius 2 is 2.00 bits per heavy atom. The molecule has 0 aliphatic heterocycles. The number of halogens is 1. The van der Waals surface area contributed by atoms with Crippen LogP contribution in [0.4, 0.5) is 0 Å². The fourth-order valence-corrected chi connectivity index (χ4v) is 1.04. The van der Waals surface area contributed by atoms with Crippen molar-refractivity contribution in [1.29, 1.82) is 0 Å². The summed E-state index contributed by atoms with van der Waals surface area (Å²) in [6.45, 7) is -0.315. The van der Waals surface area contributed by atoms with Gasteiger partial charge >= 0.3 is 51.4 Å². The van der Waals surface area contributed by atoms with Crippen molar-refractivity contribution in [3.05, 3.63) is 40.9 Å². The van der Waals surface area contributed by atoms with Gasteiger partial charge in [0.15, 0.2) is 0 Å². The van der Waals surface area contributed by atoms with Gasteiger partial charge in [-0.1, -0.05) is 29.8 Å². The van der Waals surface area contributed by atoms with Crippen molar-refractivity contribution in [3.63, 3.8) is 0 Å². The molecule has 0 bridgehead atoms. The third-order valence-corrected chi connectivity index (χ3v) is 1.82. The van der Waals surface area contributed by atoms with Crippen LogP contribution in [-0.2, 0) is 4.79 Å². The molecule has 0 aliphatic carbocycles. The molecule has 0 unspecified atom stereocenters. The minimum atomic E-state index is -1.19. The van der Waals surface area contributed by atoms with Gasteiger partial charge in [0.25, 0.3) is 0 Å². The number of rotatable bonds is 4. The van der Waals surface area contributed by atoms with E-state index in [-0.39, 0.29) is 57.9 Å². The number of hydrogen-bond donors (Lipinski definition) is 0. The van der Waals surface area contributed by atoms with Crippen LogP contribution < -0.4 is 56.5 Å². The fourth-order valence-electron chi connectivity index (χ4n) is 0.916. The quantitative estimate of drug-likeness (QED) is 0.473. The standard InChI is InChI=1S/C11H10ClNO2.K/c12-10-5-3-9(4-6-10)2-1-7-13-8-11(14)15;/h1-7H,8H2,(H,14,15);/q;+1/p-1/b2-1+,13-7?;.